The molecule has 1 aromatic rings. The third kappa shape index (κ3) is 2.22. The number of Topliss-reactive ketones (excluding diaryl/α,β-unsaturated/α-hetero) is 1. The van der Waals surface area contributed by atoms with Gasteiger partial charge >= 0.3 is 5.97 Å². The number of benzene rings is 1. The van der Waals surface area contributed by atoms with Crippen LogP contribution in [0.25, 0.3) is 0 Å². The summed E-state index contributed by atoms with van der Waals surface area (Å²) < 4.78 is 5.15. The largest absolute Gasteiger partial charge is 0.427 e. The van der Waals surface area contributed by atoms with Gasteiger partial charge in [0.25, 0.3) is 0 Å². The van der Waals surface area contributed by atoms with Crippen LogP contribution in [0.5, 0.6) is 5.75 Å². The van der Waals surface area contributed by atoms with Crippen LogP contribution in [0.2, 0.25) is 0 Å². The maximum absolute atomic E-state index is 12.4. The maximum Gasteiger partial charge on any atom is 0.308 e. The first-order valence-electron chi connectivity index (χ1n) is 9.02. The fraction of sp³-hybridized carbons (Fsp3) is 0.600. The Morgan fingerprint density at radius 2 is 1.96 bits per heavy atom. The lowest BCUT2D eigenvalue weighted by atomic mass is 9.52. The average molecular weight is 344 g/mol. The lowest BCUT2D eigenvalue weighted by Crippen LogP contribution is -2.59. The van der Waals surface area contributed by atoms with E-state index in [0.717, 1.165) is 24.8 Å². The summed E-state index contributed by atoms with van der Waals surface area (Å²) in [6, 6.07) is 5.22. The minimum absolute atomic E-state index is 0.106. The number of hydrogen-bond donors (Lipinski definition) is 2. The average Bonchev–Trinajstić information content (AvgIpc) is 2.82. The van der Waals surface area contributed by atoms with Crippen molar-refractivity contribution < 1.29 is 24.5 Å². The van der Waals surface area contributed by atoms with Crippen molar-refractivity contribution in [2.24, 2.45) is 17.3 Å². The first-order valence-corrected chi connectivity index (χ1v) is 9.02. The predicted octanol–water partition coefficient (Wildman–Crippen LogP) is 2.11. The number of aliphatic hydroxyl groups is 2. The van der Waals surface area contributed by atoms with Crippen LogP contribution in [-0.2, 0) is 21.6 Å². The third-order valence-electron chi connectivity index (χ3n) is 6.81. The Kier molecular flexibility index (Phi) is 3.61. The van der Waals surface area contributed by atoms with Gasteiger partial charge < -0.3 is 14.9 Å². The fourth-order valence-corrected chi connectivity index (χ4v) is 5.63. The summed E-state index contributed by atoms with van der Waals surface area (Å²) in [6.45, 7) is 3.31. The van der Waals surface area contributed by atoms with Crippen molar-refractivity contribution in [3.05, 3.63) is 29.3 Å². The molecule has 0 spiro atoms. The molecule has 0 aromatic heterocycles. The van der Waals surface area contributed by atoms with Crippen LogP contribution in [0.1, 0.15) is 50.7 Å². The first kappa shape index (κ1) is 16.7. The van der Waals surface area contributed by atoms with Gasteiger partial charge in [0.1, 0.15) is 17.1 Å². The van der Waals surface area contributed by atoms with E-state index in [1.807, 2.05) is 6.92 Å². The number of rotatable bonds is 1. The monoisotopic (exact) mass is 344 g/mol. The van der Waals surface area contributed by atoms with Crippen LogP contribution in [0, 0.1) is 17.3 Å². The molecule has 2 N–H and O–H groups in total. The number of aliphatic hydroxyl groups excluding tert-OH is 1. The molecule has 0 unspecified atom stereocenters. The van der Waals surface area contributed by atoms with Crippen molar-refractivity contribution in [3.63, 3.8) is 0 Å². The Morgan fingerprint density at radius 1 is 1.24 bits per heavy atom. The second-order valence-electron chi connectivity index (χ2n) is 8.09. The van der Waals surface area contributed by atoms with E-state index in [4.69, 9.17) is 4.74 Å². The molecule has 2 fully saturated rings. The van der Waals surface area contributed by atoms with Gasteiger partial charge in [0.2, 0.25) is 0 Å². The highest BCUT2D eigenvalue weighted by atomic mass is 16.5. The number of fused-ring (bicyclic) bond motifs is 5. The van der Waals surface area contributed by atoms with Gasteiger partial charge in [0, 0.05) is 18.8 Å². The number of esters is 1. The summed E-state index contributed by atoms with van der Waals surface area (Å²) in [4.78, 5) is 23.6. The van der Waals surface area contributed by atoms with Crippen molar-refractivity contribution in [2.75, 3.05) is 0 Å². The number of ether oxygens (including phenoxy) is 1. The van der Waals surface area contributed by atoms with Crippen molar-refractivity contribution in [2.45, 2.75) is 57.7 Å². The summed E-state index contributed by atoms with van der Waals surface area (Å²) in [5.74, 6) is 0.272. The summed E-state index contributed by atoms with van der Waals surface area (Å²) >= 11 is 0. The summed E-state index contributed by atoms with van der Waals surface area (Å²) in [6.07, 6.45) is 2.12. The molecule has 5 nitrogen and oxygen atoms in total. The van der Waals surface area contributed by atoms with Gasteiger partial charge in [-0.2, -0.15) is 0 Å². The van der Waals surface area contributed by atoms with Crippen molar-refractivity contribution >= 4 is 11.8 Å². The predicted molar refractivity (Wildman–Crippen MR) is 89.9 cm³/mol. The molecular formula is C20H24O5. The number of aryl methyl sites for hydroxylation is 1. The zero-order valence-corrected chi connectivity index (χ0v) is 14.6. The molecule has 3 aliphatic rings. The highest BCUT2D eigenvalue weighted by molar-refractivity contribution is 5.87. The van der Waals surface area contributed by atoms with E-state index in [1.165, 1.54) is 6.92 Å². The number of carbonyl (C=O) groups is 2. The zero-order chi connectivity index (χ0) is 18.0. The standard InChI is InChI=1S/C20H24O5/c1-11(21)25-13-4-6-14-12(9-13)3-5-16-15-7-8-17(22)19(15,2)10-18(23)20(14,16)24/h4,6,9,15-16,18,23-24H,3,5,7-8,10H2,1-2H3/t15-,16+,18-,19+,20+/m0/s1. The summed E-state index contributed by atoms with van der Waals surface area (Å²) in [7, 11) is 0. The van der Waals surface area contributed by atoms with E-state index in [2.05, 4.69) is 0 Å². The normalized spacial score (nSPS) is 39.4. The van der Waals surface area contributed by atoms with E-state index in [9.17, 15) is 19.8 Å². The van der Waals surface area contributed by atoms with Crippen LogP contribution in [0.3, 0.4) is 0 Å². The summed E-state index contributed by atoms with van der Waals surface area (Å²) in [5, 5.41) is 22.4. The Hall–Kier alpha value is -1.72. The molecular weight excluding hydrogens is 320 g/mol. The van der Waals surface area contributed by atoms with Gasteiger partial charge in [-0.15, -0.1) is 0 Å². The summed E-state index contributed by atoms with van der Waals surface area (Å²) in [5.41, 5.74) is -0.235. The van der Waals surface area contributed by atoms with E-state index in [1.54, 1.807) is 18.2 Å². The Bertz CT molecular complexity index is 756. The van der Waals surface area contributed by atoms with Crippen molar-refractivity contribution in [3.8, 4) is 5.75 Å². The van der Waals surface area contributed by atoms with E-state index < -0.39 is 17.1 Å². The highest BCUT2D eigenvalue weighted by Gasteiger charge is 2.63. The first-order chi connectivity index (χ1) is 11.8. The van der Waals surface area contributed by atoms with Gasteiger partial charge in [-0.1, -0.05) is 13.0 Å². The molecule has 5 heteroatoms. The highest BCUT2D eigenvalue weighted by Crippen LogP contribution is 2.61. The molecule has 4 rings (SSSR count). The molecule has 0 amide bonds. The van der Waals surface area contributed by atoms with Gasteiger partial charge in [-0.3, -0.25) is 9.59 Å². The fourth-order valence-electron chi connectivity index (χ4n) is 5.63. The van der Waals surface area contributed by atoms with Crippen molar-refractivity contribution in [1.82, 2.24) is 0 Å². The van der Waals surface area contributed by atoms with E-state index in [-0.39, 0.29) is 23.6 Å². The maximum atomic E-state index is 12.4. The second kappa shape index (κ2) is 5.39. The molecule has 3 aliphatic carbocycles. The smallest absolute Gasteiger partial charge is 0.308 e. The quantitative estimate of drug-likeness (QED) is 0.602. The van der Waals surface area contributed by atoms with E-state index >= 15 is 0 Å². The molecule has 0 saturated heterocycles. The van der Waals surface area contributed by atoms with Gasteiger partial charge in [0.15, 0.2) is 0 Å². The number of hydrogen-bond acceptors (Lipinski definition) is 5. The molecule has 25 heavy (non-hydrogen) atoms. The van der Waals surface area contributed by atoms with Gasteiger partial charge in [-0.25, -0.2) is 0 Å². The lowest BCUT2D eigenvalue weighted by Gasteiger charge is -2.55. The third-order valence-corrected chi connectivity index (χ3v) is 6.81. The molecule has 2 saturated carbocycles. The lowest BCUT2D eigenvalue weighted by molar-refractivity contribution is -0.197. The molecule has 5 atom stereocenters. The zero-order valence-electron chi connectivity index (χ0n) is 14.6. The van der Waals surface area contributed by atoms with Gasteiger partial charge in [0.05, 0.1) is 6.10 Å². The molecule has 0 radical (unpaired) electrons. The topological polar surface area (TPSA) is 83.8 Å². The number of carbonyl (C=O) groups excluding carboxylic acids is 2. The molecule has 134 valence electrons. The van der Waals surface area contributed by atoms with Crippen molar-refractivity contribution in [1.29, 1.82) is 0 Å². The van der Waals surface area contributed by atoms with Crippen LogP contribution in [0.4, 0.5) is 0 Å². The molecule has 0 aliphatic heterocycles. The van der Waals surface area contributed by atoms with E-state index in [0.29, 0.717) is 24.2 Å². The molecule has 0 bridgehead atoms. The number of ketones is 1. The molecule has 0 heterocycles. The SMILES string of the molecule is CC(=O)Oc1ccc2c(c1)CC[C@@H]1[C@@H]3CCC(=O)[C@]3(C)C[C@H](O)[C@@]21O. The Labute approximate surface area is 147 Å². The molecule has 1 aromatic carbocycles. The van der Waals surface area contributed by atoms with Crippen LogP contribution in [-0.4, -0.2) is 28.1 Å². The van der Waals surface area contributed by atoms with Crippen LogP contribution >= 0.6 is 0 Å². The second-order valence-corrected chi connectivity index (χ2v) is 8.09. The minimum atomic E-state index is -1.34. The minimum Gasteiger partial charge on any atom is -0.427 e. The van der Waals surface area contributed by atoms with Crippen LogP contribution < -0.4 is 4.74 Å². The van der Waals surface area contributed by atoms with Gasteiger partial charge in [-0.05, 0) is 60.8 Å². The Morgan fingerprint density at radius 3 is 2.68 bits per heavy atom. The Balaban J connectivity index is 1.77. The van der Waals surface area contributed by atoms with Crippen LogP contribution in [0.15, 0.2) is 18.2 Å².